The fraction of sp³-hybridized carbons (Fsp3) is 0.231. The SMILES string of the molecule is COc1cc(C(=O)OCc2nccs2)cc(Cl)c1OC. The van der Waals surface area contributed by atoms with Crippen molar-refractivity contribution < 1.29 is 19.0 Å². The highest BCUT2D eigenvalue weighted by atomic mass is 35.5. The summed E-state index contributed by atoms with van der Waals surface area (Å²) in [6.07, 6.45) is 1.65. The van der Waals surface area contributed by atoms with Crippen molar-refractivity contribution in [1.29, 1.82) is 0 Å². The van der Waals surface area contributed by atoms with Gasteiger partial charge in [0.15, 0.2) is 11.5 Å². The highest BCUT2D eigenvalue weighted by Gasteiger charge is 2.16. The van der Waals surface area contributed by atoms with Crippen LogP contribution in [0.1, 0.15) is 15.4 Å². The Hall–Kier alpha value is -1.79. The summed E-state index contributed by atoms with van der Waals surface area (Å²) in [5.74, 6) is 0.259. The highest BCUT2D eigenvalue weighted by Crippen LogP contribution is 2.36. The maximum absolute atomic E-state index is 12.0. The van der Waals surface area contributed by atoms with Crippen LogP contribution in [0.4, 0.5) is 0 Å². The lowest BCUT2D eigenvalue weighted by Crippen LogP contribution is -2.06. The summed E-state index contributed by atoms with van der Waals surface area (Å²) in [7, 11) is 2.95. The van der Waals surface area contributed by atoms with E-state index in [4.69, 9.17) is 25.8 Å². The topological polar surface area (TPSA) is 57.7 Å². The van der Waals surface area contributed by atoms with Gasteiger partial charge in [-0.05, 0) is 12.1 Å². The van der Waals surface area contributed by atoms with Gasteiger partial charge >= 0.3 is 5.97 Å². The third-order valence-corrected chi connectivity index (χ3v) is 3.51. The van der Waals surface area contributed by atoms with Crippen molar-refractivity contribution in [1.82, 2.24) is 4.98 Å². The molecule has 0 saturated heterocycles. The molecule has 0 atom stereocenters. The van der Waals surface area contributed by atoms with Crippen LogP contribution >= 0.6 is 22.9 Å². The zero-order valence-electron chi connectivity index (χ0n) is 10.9. The Bertz CT molecular complexity index is 601. The van der Waals surface area contributed by atoms with Crippen LogP contribution in [-0.4, -0.2) is 25.2 Å². The number of carbonyl (C=O) groups is 1. The Morgan fingerprint density at radius 1 is 1.35 bits per heavy atom. The second-order valence-electron chi connectivity index (χ2n) is 3.70. The summed E-state index contributed by atoms with van der Waals surface area (Å²) in [6, 6.07) is 3.00. The lowest BCUT2D eigenvalue weighted by atomic mass is 10.2. The van der Waals surface area contributed by atoms with E-state index in [1.54, 1.807) is 6.20 Å². The number of carbonyl (C=O) groups excluding carboxylic acids is 1. The van der Waals surface area contributed by atoms with E-state index in [0.717, 1.165) is 5.01 Å². The van der Waals surface area contributed by atoms with Gasteiger partial charge in [0, 0.05) is 11.6 Å². The molecule has 7 heteroatoms. The molecule has 0 N–H and O–H groups in total. The maximum atomic E-state index is 12.0. The van der Waals surface area contributed by atoms with E-state index >= 15 is 0 Å². The van der Waals surface area contributed by atoms with Crippen molar-refractivity contribution in [2.75, 3.05) is 14.2 Å². The second-order valence-corrected chi connectivity index (χ2v) is 5.08. The molecule has 1 aromatic heterocycles. The molecule has 0 saturated carbocycles. The molecule has 5 nitrogen and oxygen atoms in total. The van der Waals surface area contributed by atoms with Crippen molar-refractivity contribution in [2.24, 2.45) is 0 Å². The van der Waals surface area contributed by atoms with Crippen molar-refractivity contribution >= 4 is 28.9 Å². The summed E-state index contributed by atoms with van der Waals surface area (Å²) in [6.45, 7) is 0.127. The predicted molar refractivity (Wildman–Crippen MR) is 75.8 cm³/mol. The highest BCUT2D eigenvalue weighted by molar-refractivity contribution is 7.09. The third kappa shape index (κ3) is 3.20. The molecule has 0 amide bonds. The molecule has 106 valence electrons. The van der Waals surface area contributed by atoms with Crippen LogP contribution in [0.15, 0.2) is 23.7 Å². The molecule has 0 unspecified atom stereocenters. The Morgan fingerprint density at radius 2 is 2.15 bits per heavy atom. The van der Waals surface area contributed by atoms with Crippen LogP contribution in [0.3, 0.4) is 0 Å². The number of hydrogen-bond donors (Lipinski definition) is 0. The van der Waals surface area contributed by atoms with E-state index in [0.29, 0.717) is 17.1 Å². The van der Waals surface area contributed by atoms with Gasteiger partial charge in [0.1, 0.15) is 11.6 Å². The zero-order chi connectivity index (χ0) is 14.5. The van der Waals surface area contributed by atoms with E-state index in [1.807, 2.05) is 5.38 Å². The number of halogens is 1. The van der Waals surface area contributed by atoms with Crippen LogP contribution in [0.5, 0.6) is 11.5 Å². The van der Waals surface area contributed by atoms with Gasteiger partial charge in [0.25, 0.3) is 0 Å². The molecule has 1 heterocycles. The number of esters is 1. The smallest absolute Gasteiger partial charge is 0.338 e. The van der Waals surface area contributed by atoms with Gasteiger partial charge in [0.05, 0.1) is 24.8 Å². The largest absolute Gasteiger partial charge is 0.493 e. The van der Waals surface area contributed by atoms with Gasteiger partial charge in [-0.3, -0.25) is 0 Å². The molecule has 0 aliphatic carbocycles. The van der Waals surface area contributed by atoms with Crippen molar-refractivity contribution in [3.63, 3.8) is 0 Å². The molecule has 0 aliphatic heterocycles. The standard InChI is InChI=1S/C13H12ClNO4S/c1-17-10-6-8(5-9(14)12(10)18-2)13(16)19-7-11-15-3-4-20-11/h3-6H,7H2,1-2H3. The van der Waals surface area contributed by atoms with Crippen molar-refractivity contribution in [2.45, 2.75) is 6.61 Å². The molecule has 2 aromatic rings. The van der Waals surface area contributed by atoms with Crippen LogP contribution in [-0.2, 0) is 11.3 Å². The van der Waals surface area contributed by atoms with Gasteiger partial charge in [-0.1, -0.05) is 11.6 Å². The molecule has 1 aromatic carbocycles. The average molecular weight is 314 g/mol. The van der Waals surface area contributed by atoms with Crippen LogP contribution in [0.2, 0.25) is 5.02 Å². The van der Waals surface area contributed by atoms with Gasteiger partial charge < -0.3 is 14.2 Å². The first-order chi connectivity index (χ1) is 9.65. The minimum Gasteiger partial charge on any atom is -0.493 e. The Balaban J connectivity index is 2.15. The number of benzene rings is 1. The molecular weight excluding hydrogens is 302 g/mol. The molecule has 0 bridgehead atoms. The number of aromatic nitrogens is 1. The number of nitrogens with zero attached hydrogens (tertiary/aromatic N) is 1. The lowest BCUT2D eigenvalue weighted by molar-refractivity contribution is 0.0472. The van der Waals surface area contributed by atoms with Crippen molar-refractivity contribution in [3.05, 3.63) is 39.3 Å². The number of hydrogen-bond acceptors (Lipinski definition) is 6. The summed E-state index contributed by atoms with van der Waals surface area (Å²) in [5.41, 5.74) is 0.296. The normalized spacial score (nSPS) is 10.2. The second kappa shape index (κ2) is 6.58. The number of methoxy groups -OCH3 is 2. The van der Waals surface area contributed by atoms with Gasteiger partial charge in [-0.2, -0.15) is 0 Å². The monoisotopic (exact) mass is 313 g/mol. The van der Waals surface area contributed by atoms with Gasteiger partial charge in [0.2, 0.25) is 0 Å². The van der Waals surface area contributed by atoms with Gasteiger partial charge in [-0.15, -0.1) is 11.3 Å². The molecule has 0 spiro atoms. The van der Waals surface area contributed by atoms with E-state index < -0.39 is 5.97 Å². The van der Waals surface area contributed by atoms with Crippen molar-refractivity contribution in [3.8, 4) is 11.5 Å². The fourth-order valence-corrected chi connectivity index (χ4v) is 2.39. The zero-order valence-corrected chi connectivity index (χ0v) is 12.5. The molecular formula is C13H12ClNO4S. The van der Waals surface area contributed by atoms with E-state index in [1.165, 1.54) is 37.7 Å². The molecule has 2 rings (SSSR count). The first-order valence-electron chi connectivity index (χ1n) is 5.62. The first-order valence-corrected chi connectivity index (χ1v) is 6.88. The van der Waals surface area contributed by atoms with E-state index in [9.17, 15) is 4.79 Å². The summed E-state index contributed by atoms with van der Waals surface area (Å²) < 4.78 is 15.4. The Morgan fingerprint density at radius 3 is 2.75 bits per heavy atom. The maximum Gasteiger partial charge on any atom is 0.338 e. The lowest BCUT2D eigenvalue weighted by Gasteiger charge is -2.11. The minimum atomic E-state index is -0.497. The fourth-order valence-electron chi connectivity index (χ4n) is 1.57. The summed E-state index contributed by atoms with van der Waals surface area (Å²) >= 11 is 7.45. The molecule has 0 radical (unpaired) electrons. The Kier molecular flexibility index (Phi) is 4.81. The predicted octanol–water partition coefficient (Wildman–Crippen LogP) is 3.17. The quantitative estimate of drug-likeness (QED) is 0.794. The summed E-state index contributed by atoms with van der Waals surface area (Å²) in [5, 5.41) is 2.83. The summed E-state index contributed by atoms with van der Waals surface area (Å²) in [4.78, 5) is 16.0. The van der Waals surface area contributed by atoms with E-state index in [2.05, 4.69) is 4.98 Å². The van der Waals surface area contributed by atoms with Crippen LogP contribution < -0.4 is 9.47 Å². The van der Waals surface area contributed by atoms with E-state index in [-0.39, 0.29) is 11.6 Å². The van der Waals surface area contributed by atoms with Gasteiger partial charge in [-0.25, -0.2) is 9.78 Å². The number of ether oxygens (including phenoxy) is 3. The minimum absolute atomic E-state index is 0.127. The van der Waals surface area contributed by atoms with Crippen LogP contribution in [0, 0.1) is 0 Å². The van der Waals surface area contributed by atoms with Crippen LogP contribution in [0.25, 0.3) is 0 Å². The molecule has 0 fully saturated rings. The average Bonchev–Trinajstić information content (AvgIpc) is 2.97. The number of rotatable bonds is 5. The number of thiazole rings is 1. The first kappa shape index (κ1) is 14.6. The third-order valence-electron chi connectivity index (χ3n) is 2.48. The molecule has 20 heavy (non-hydrogen) atoms. The Labute approximate surface area is 125 Å². The molecule has 0 aliphatic rings.